The van der Waals surface area contributed by atoms with Gasteiger partial charge < -0.3 is 9.47 Å². The van der Waals surface area contributed by atoms with Crippen LogP contribution in [0, 0.1) is 0 Å². The highest BCUT2D eigenvalue weighted by atomic mass is 16.2. The molecule has 0 N–H and O–H groups in total. The molecule has 0 unspecified atom stereocenters. The summed E-state index contributed by atoms with van der Waals surface area (Å²) in [5, 5.41) is 4.25. The van der Waals surface area contributed by atoms with Crippen LogP contribution in [0.1, 0.15) is 37.4 Å². The number of carbonyl (C=O) groups is 1. The molecule has 3 heterocycles. The number of aromatic nitrogens is 4. The maximum Gasteiger partial charge on any atom is 0.245 e. The van der Waals surface area contributed by atoms with Gasteiger partial charge in [0.2, 0.25) is 5.91 Å². The molecule has 124 valence electrons. The minimum atomic E-state index is -0.269. The molecule has 0 radical (unpaired) electrons. The van der Waals surface area contributed by atoms with Crippen LogP contribution in [0.5, 0.6) is 0 Å². The first-order chi connectivity index (χ1) is 11.6. The third kappa shape index (κ3) is 2.38. The Kier molecular flexibility index (Phi) is 3.59. The van der Waals surface area contributed by atoms with Crippen molar-refractivity contribution < 1.29 is 4.79 Å². The third-order valence-corrected chi connectivity index (χ3v) is 4.90. The van der Waals surface area contributed by atoms with Gasteiger partial charge in [-0.15, -0.1) is 0 Å². The molecule has 1 aromatic carbocycles. The van der Waals surface area contributed by atoms with Gasteiger partial charge in [-0.2, -0.15) is 5.10 Å². The summed E-state index contributed by atoms with van der Waals surface area (Å²) < 4.78 is 3.76. The average Bonchev–Trinajstić information content (AvgIpc) is 3.31. The van der Waals surface area contributed by atoms with Gasteiger partial charge in [-0.25, -0.2) is 4.98 Å². The van der Waals surface area contributed by atoms with Crippen LogP contribution in [-0.2, 0) is 11.8 Å². The monoisotopic (exact) mass is 323 g/mol. The molecule has 1 amide bonds. The van der Waals surface area contributed by atoms with Gasteiger partial charge in [0.25, 0.3) is 0 Å². The van der Waals surface area contributed by atoms with E-state index in [-0.39, 0.29) is 18.0 Å². The minimum absolute atomic E-state index is 0.128. The zero-order valence-corrected chi connectivity index (χ0v) is 14.0. The number of hydrogen-bond donors (Lipinski definition) is 0. The van der Waals surface area contributed by atoms with E-state index in [4.69, 9.17) is 0 Å². The molecule has 6 nitrogen and oxygen atoms in total. The zero-order valence-electron chi connectivity index (χ0n) is 14.0. The topological polar surface area (TPSA) is 56.0 Å². The summed E-state index contributed by atoms with van der Waals surface area (Å²) in [6, 6.07) is 7.78. The molecule has 0 saturated carbocycles. The fourth-order valence-corrected chi connectivity index (χ4v) is 3.64. The fourth-order valence-electron chi connectivity index (χ4n) is 3.64. The number of carbonyl (C=O) groups excluding carboxylic acids is 1. The summed E-state index contributed by atoms with van der Waals surface area (Å²) in [6.45, 7) is 2.75. The molecule has 0 aliphatic carbocycles. The van der Waals surface area contributed by atoms with Crippen LogP contribution in [0.25, 0.3) is 11.0 Å². The summed E-state index contributed by atoms with van der Waals surface area (Å²) >= 11 is 0. The van der Waals surface area contributed by atoms with Gasteiger partial charge in [-0.3, -0.25) is 9.48 Å². The van der Waals surface area contributed by atoms with Crippen molar-refractivity contribution in [1.82, 2.24) is 24.2 Å². The highest BCUT2D eigenvalue weighted by Crippen LogP contribution is 2.33. The molecule has 2 aromatic heterocycles. The lowest BCUT2D eigenvalue weighted by Crippen LogP contribution is -2.35. The van der Waals surface area contributed by atoms with Crippen molar-refractivity contribution in [2.24, 2.45) is 7.05 Å². The van der Waals surface area contributed by atoms with Crippen LogP contribution >= 0.6 is 0 Å². The Morgan fingerprint density at radius 2 is 2.17 bits per heavy atom. The molecular weight excluding hydrogens is 302 g/mol. The Bertz CT molecular complexity index is 880. The summed E-state index contributed by atoms with van der Waals surface area (Å²) in [5.74, 6) is 0.143. The number of benzene rings is 1. The number of rotatable bonds is 3. The van der Waals surface area contributed by atoms with Crippen molar-refractivity contribution in [2.75, 3.05) is 6.54 Å². The number of amides is 1. The summed E-state index contributed by atoms with van der Waals surface area (Å²) in [4.78, 5) is 19.5. The Hall–Kier alpha value is -2.63. The lowest BCUT2D eigenvalue weighted by molar-refractivity contribution is -0.135. The SMILES string of the molecule is C[C@H](C(=O)N1CCC[C@H]1c1cnn(C)c1)n1cnc2ccccc21. The van der Waals surface area contributed by atoms with E-state index in [9.17, 15) is 4.79 Å². The van der Waals surface area contributed by atoms with E-state index < -0.39 is 0 Å². The molecule has 1 aliphatic heterocycles. The van der Waals surface area contributed by atoms with Crippen LogP contribution in [0.3, 0.4) is 0 Å². The second-order valence-electron chi connectivity index (χ2n) is 6.45. The first-order valence-corrected chi connectivity index (χ1v) is 8.36. The Balaban J connectivity index is 1.62. The number of hydrogen-bond acceptors (Lipinski definition) is 3. The fraction of sp³-hybridized carbons (Fsp3) is 0.389. The molecule has 0 bridgehead atoms. The Morgan fingerprint density at radius 1 is 1.33 bits per heavy atom. The predicted octanol–water partition coefficient (Wildman–Crippen LogP) is 2.69. The first-order valence-electron chi connectivity index (χ1n) is 8.36. The van der Waals surface area contributed by atoms with E-state index in [1.165, 1.54) is 0 Å². The van der Waals surface area contributed by atoms with Crippen LogP contribution in [0.2, 0.25) is 0 Å². The number of nitrogens with zero attached hydrogens (tertiary/aromatic N) is 5. The predicted molar refractivity (Wildman–Crippen MR) is 91.3 cm³/mol. The van der Waals surface area contributed by atoms with E-state index in [2.05, 4.69) is 10.1 Å². The molecule has 1 saturated heterocycles. The van der Waals surface area contributed by atoms with Crippen molar-refractivity contribution in [1.29, 1.82) is 0 Å². The van der Waals surface area contributed by atoms with Gasteiger partial charge in [0.05, 0.1) is 29.6 Å². The lowest BCUT2D eigenvalue weighted by atomic mass is 10.1. The number of imidazole rings is 1. The maximum atomic E-state index is 13.1. The normalized spacial score (nSPS) is 19.1. The smallest absolute Gasteiger partial charge is 0.245 e. The van der Waals surface area contributed by atoms with Gasteiger partial charge in [-0.1, -0.05) is 12.1 Å². The standard InChI is InChI=1S/C18H21N5O/c1-13(23-12-19-15-6-3-4-7-17(15)23)18(24)22-9-5-8-16(22)14-10-20-21(2)11-14/h3-4,6-7,10-13,16H,5,8-9H2,1-2H3/t13-,16+/m1/s1. The van der Waals surface area contributed by atoms with E-state index in [0.717, 1.165) is 36.0 Å². The van der Waals surface area contributed by atoms with Crippen molar-refractivity contribution in [2.45, 2.75) is 31.8 Å². The van der Waals surface area contributed by atoms with Gasteiger partial charge in [0.1, 0.15) is 6.04 Å². The van der Waals surface area contributed by atoms with Gasteiger partial charge in [0, 0.05) is 25.4 Å². The summed E-state index contributed by atoms with van der Waals surface area (Å²) in [5.41, 5.74) is 3.03. The average molecular weight is 323 g/mol. The van der Waals surface area contributed by atoms with Crippen molar-refractivity contribution in [3.63, 3.8) is 0 Å². The molecule has 0 spiro atoms. The molecule has 24 heavy (non-hydrogen) atoms. The largest absolute Gasteiger partial charge is 0.334 e. The quantitative estimate of drug-likeness (QED) is 0.744. The molecular formula is C18H21N5O. The maximum absolute atomic E-state index is 13.1. The summed E-state index contributed by atoms with van der Waals surface area (Å²) in [7, 11) is 1.91. The van der Waals surface area contributed by atoms with Crippen LogP contribution in [0.15, 0.2) is 43.0 Å². The minimum Gasteiger partial charge on any atom is -0.334 e. The number of aryl methyl sites for hydroxylation is 1. The molecule has 4 rings (SSSR count). The number of para-hydroxylation sites is 2. The number of likely N-dealkylation sites (tertiary alicyclic amines) is 1. The molecule has 2 atom stereocenters. The van der Waals surface area contributed by atoms with Crippen LogP contribution in [0.4, 0.5) is 0 Å². The highest BCUT2D eigenvalue weighted by Gasteiger charge is 2.33. The van der Waals surface area contributed by atoms with E-state index in [1.54, 1.807) is 11.0 Å². The number of fused-ring (bicyclic) bond motifs is 1. The highest BCUT2D eigenvalue weighted by molar-refractivity contribution is 5.84. The third-order valence-electron chi connectivity index (χ3n) is 4.90. The van der Waals surface area contributed by atoms with Crippen molar-refractivity contribution >= 4 is 16.9 Å². The molecule has 6 heteroatoms. The molecule has 1 aliphatic rings. The summed E-state index contributed by atoms with van der Waals surface area (Å²) in [6.07, 6.45) is 7.67. The van der Waals surface area contributed by atoms with Gasteiger partial charge in [-0.05, 0) is 31.9 Å². The Labute approximate surface area is 140 Å². The second-order valence-corrected chi connectivity index (χ2v) is 6.45. The molecule has 3 aromatic rings. The van der Waals surface area contributed by atoms with E-state index >= 15 is 0 Å². The van der Waals surface area contributed by atoms with Crippen LogP contribution < -0.4 is 0 Å². The lowest BCUT2D eigenvalue weighted by Gasteiger charge is -2.27. The van der Waals surface area contributed by atoms with E-state index in [0.29, 0.717) is 0 Å². The zero-order chi connectivity index (χ0) is 16.7. The first kappa shape index (κ1) is 14.9. The van der Waals surface area contributed by atoms with Crippen molar-refractivity contribution in [3.8, 4) is 0 Å². The van der Waals surface area contributed by atoms with E-state index in [1.807, 2.05) is 60.1 Å². The Morgan fingerprint density at radius 3 is 2.96 bits per heavy atom. The molecule has 1 fully saturated rings. The second kappa shape index (κ2) is 5.78. The van der Waals surface area contributed by atoms with Gasteiger partial charge in [0.15, 0.2) is 0 Å². The van der Waals surface area contributed by atoms with Crippen LogP contribution in [-0.4, -0.2) is 36.7 Å². The van der Waals surface area contributed by atoms with Crippen molar-refractivity contribution in [3.05, 3.63) is 48.5 Å². The van der Waals surface area contributed by atoms with Gasteiger partial charge >= 0.3 is 0 Å².